The van der Waals surface area contributed by atoms with Crippen molar-refractivity contribution in [1.29, 1.82) is 0 Å². The van der Waals surface area contributed by atoms with Crippen LogP contribution in [0.3, 0.4) is 0 Å². The Bertz CT molecular complexity index is 274. The largest absolute Gasteiger partial charge is 0.480 e. The zero-order chi connectivity index (χ0) is 13.1. The summed E-state index contributed by atoms with van der Waals surface area (Å²) in [6.07, 6.45) is 0. The molecule has 0 aromatic heterocycles. The van der Waals surface area contributed by atoms with E-state index in [1.165, 1.54) is 4.90 Å². The molecule has 0 aliphatic rings. The van der Waals surface area contributed by atoms with Crippen LogP contribution in [0.5, 0.6) is 0 Å². The van der Waals surface area contributed by atoms with Gasteiger partial charge in [0.15, 0.2) is 0 Å². The molecule has 0 radical (unpaired) electrons. The van der Waals surface area contributed by atoms with E-state index in [9.17, 15) is 9.59 Å². The van der Waals surface area contributed by atoms with Gasteiger partial charge in [-0.25, -0.2) is 0 Å². The van der Waals surface area contributed by atoms with E-state index in [1.54, 1.807) is 32.8 Å². The molecule has 5 heteroatoms. The Kier molecular flexibility index (Phi) is 4.93. The Balaban J connectivity index is 4.52. The van der Waals surface area contributed by atoms with Crippen LogP contribution in [-0.2, 0) is 9.59 Å². The fourth-order valence-corrected chi connectivity index (χ4v) is 0.963. The normalized spacial score (nSPS) is 12.0. The van der Waals surface area contributed by atoms with Crippen LogP contribution in [0.25, 0.3) is 0 Å². The monoisotopic (exact) mass is 230 g/mol. The maximum Gasteiger partial charge on any atom is 0.323 e. The smallest absolute Gasteiger partial charge is 0.323 e. The Labute approximate surface area is 97.0 Å². The van der Waals surface area contributed by atoms with E-state index in [4.69, 9.17) is 5.11 Å². The van der Waals surface area contributed by atoms with Crippen LogP contribution in [0.15, 0.2) is 0 Å². The van der Waals surface area contributed by atoms with Gasteiger partial charge in [0.1, 0.15) is 5.54 Å². The number of hydrogen-bond acceptors (Lipinski definition) is 3. The lowest BCUT2D eigenvalue weighted by atomic mass is 10.0. The molecule has 0 aromatic rings. The SMILES string of the molecule is CC(C)N(C)C(=O)CN(C)C(C)(C)C(=O)O. The van der Waals surface area contributed by atoms with Gasteiger partial charge in [-0.2, -0.15) is 0 Å². The molecule has 0 aromatic carbocycles. The maximum atomic E-state index is 11.8. The van der Waals surface area contributed by atoms with Crippen LogP contribution in [0.1, 0.15) is 27.7 Å². The molecule has 0 spiro atoms. The van der Waals surface area contributed by atoms with Gasteiger partial charge in [-0.3, -0.25) is 14.5 Å². The number of aliphatic carboxylic acids is 1. The minimum Gasteiger partial charge on any atom is -0.480 e. The quantitative estimate of drug-likeness (QED) is 0.753. The van der Waals surface area contributed by atoms with Crippen molar-refractivity contribution in [3.8, 4) is 0 Å². The Morgan fingerprint density at radius 3 is 2.00 bits per heavy atom. The Morgan fingerprint density at radius 1 is 1.25 bits per heavy atom. The van der Waals surface area contributed by atoms with Crippen molar-refractivity contribution >= 4 is 11.9 Å². The van der Waals surface area contributed by atoms with Crippen molar-refractivity contribution in [2.24, 2.45) is 0 Å². The van der Waals surface area contributed by atoms with E-state index in [2.05, 4.69) is 0 Å². The molecule has 0 bridgehead atoms. The van der Waals surface area contributed by atoms with Crippen LogP contribution in [-0.4, -0.2) is 59.0 Å². The second-order valence-electron chi connectivity index (χ2n) is 4.82. The second kappa shape index (κ2) is 5.30. The van der Waals surface area contributed by atoms with Crippen molar-refractivity contribution in [2.75, 3.05) is 20.6 Å². The summed E-state index contributed by atoms with van der Waals surface area (Å²) in [6, 6.07) is 0.119. The summed E-state index contributed by atoms with van der Waals surface area (Å²) in [5.41, 5.74) is -1.03. The molecule has 0 rings (SSSR count). The molecule has 0 aliphatic carbocycles. The van der Waals surface area contributed by atoms with Gasteiger partial charge in [-0.15, -0.1) is 0 Å². The van der Waals surface area contributed by atoms with Gasteiger partial charge in [-0.05, 0) is 34.7 Å². The van der Waals surface area contributed by atoms with Crippen LogP contribution in [0.4, 0.5) is 0 Å². The lowest BCUT2D eigenvalue weighted by molar-refractivity contribution is -0.150. The van der Waals surface area contributed by atoms with Crippen molar-refractivity contribution in [1.82, 2.24) is 9.80 Å². The van der Waals surface area contributed by atoms with Crippen LogP contribution < -0.4 is 0 Å². The topological polar surface area (TPSA) is 60.9 Å². The van der Waals surface area contributed by atoms with Gasteiger partial charge < -0.3 is 10.0 Å². The second-order valence-corrected chi connectivity index (χ2v) is 4.82. The molecule has 0 unspecified atom stereocenters. The molecule has 0 aliphatic heterocycles. The summed E-state index contributed by atoms with van der Waals surface area (Å²) in [6.45, 7) is 7.10. The lowest BCUT2D eigenvalue weighted by Crippen LogP contribution is -2.52. The average Bonchev–Trinajstić information content (AvgIpc) is 2.15. The number of carboxylic acids is 1. The number of carboxylic acid groups (broad SMARTS) is 1. The van der Waals surface area contributed by atoms with E-state index in [-0.39, 0.29) is 18.5 Å². The van der Waals surface area contributed by atoms with E-state index in [0.29, 0.717) is 0 Å². The standard InChI is InChI=1S/C11H22N2O3/c1-8(2)13(6)9(14)7-12(5)11(3,4)10(15)16/h8H,7H2,1-6H3,(H,15,16). The molecule has 0 atom stereocenters. The maximum absolute atomic E-state index is 11.8. The Morgan fingerprint density at radius 2 is 1.69 bits per heavy atom. The first-order chi connectivity index (χ1) is 7.10. The molecular weight excluding hydrogens is 208 g/mol. The third-order valence-electron chi connectivity index (χ3n) is 3.02. The number of amides is 1. The predicted octanol–water partition coefficient (Wildman–Crippen LogP) is 0.648. The van der Waals surface area contributed by atoms with E-state index >= 15 is 0 Å². The summed E-state index contributed by atoms with van der Waals surface area (Å²) in [5.74, 6) is -1.01. The van der Waals surface area contributed by atoms with Crippen molar-refractivity contribution in [3.63, 3.8) is 0 Å². The zero-order valence-electron chi connectivity index (χ0n) is 10.9. The molecule has 0 saturated heterocycles. The van der Waals surface area contributed by atoms with Crippen molar-refractivity contribution in [3.05, 3.63) is 0 Å². The van der Waals surface area contributed by atoms with Gasteiger partial charge >= 0.3 is 5.97 Å². The highest BCUT2D eigenvalue weighted by atomic mass is 16.4. The van der Waals surface area contributed by atoms with Crippen LogP contribution >= 0.6 is 0 Å². The molecule has 0 saturated carbocycles. The van der Waals surface area contributed by atoms with E-state index in [0.717, 1.165) is 0 Å². The average molecular weight is 230 g/mol. The third kappa shape index (κ3) is 3.48. The summed E-state index contributed by atoms with van der Waals surface area (Å²) < 4.78 is 0. The lowest BCUT2D eigenvalue weighted by Gasteiger charge is -2.32. The summed E-state index contributed by atoms with van der Waals surface area (Å²) in [5, 5.41) is 9.01. The minimum atomic E-state index is -1.03. The van der Waals surface area contributed by atoms with Crippen LogP contribution in [0.2, 0.25) is 0 Å². The predicted molar refractivity (Wildman–Crippen MR) is 62.3 cm³/mol. The van der Waals surface area contributed by atoms with Crippen molar-refractivity contribution in [2.45, 2.75) is 39.3 Å². The molecule has 0 fully saturated rings. The van der Waals surface area contributed by atoms with Gasteiger partial charge in [0, 0.05) is 13.1 Å². The van der Waals surface area contributed by atoms with Gasteiger partial charge in [0.25, 0.3) is 0 Å². The highest BCUT2D eigenvalue weighted by Gasteiger charge is 2.33. The van der Waals surface area contributed by atoms with Crippen molar-refractivity contribution < 1.29 is 14.7 Å². The number of likely N-dealkylation sites (N-methyl/N-ethyl adjacent to an activating group) is 2. The number of hydrogen-bond donors (Lipinski definition) is 1. The van der Waals surface area contributed by atoms with Gasteiger partial charge in [0.05, 0.1) is 6.54 Å². The minimum absolute atomic E-state index is 0.0770. The van der Waals surface area contributed by atoms with E-state index in [1.807, 2.05) is 13.8 Å². The highest BCUT2D eigenvalue weighted by Crippen LogP contribution is 2.12. The zero-order valence-corrected chi connectivity index (χ0v) is 10.9. The third-order valence-corrected chi connectivity index (χ3v) is 3.02. The molecular formula is C11H22N2O3. The van der Waals surface area contributed by atoms with E-state index < -0.39 is 11.5 Å². The molecule has 1 N–H and O–H groups in total. The van der Waals surface area contributed by atoms with Crippen LogP contribution in [0, 0.1) is 0 Å². The van der Waals surface area contributed by atoms with Gasteiger partial charge in [0.2, 0.25) is 5.91 Å². The highest BCUT2D eigenvalue weighted by molar-refractivity contribution is 5.81. The summed E-state index contributed by atoms with van der Waals surface area (Å²) in [7, 11) is 3.36. The summed E-state index contributed by atoms with van der Waals surface area (Å²) in [4.78, 5) is 25.9. The number of nitrogens with zero attached hydrogens (tertiary/aromatic N) is 2. The fraction of sp³-hybridized carbons (Fsp3) is 0.818. The first kappa shape index (κ1) is 14.9. The fourth-order valence-electron chi connectivity index (χ4n) is 0.963. The molecule has 1 amide bonds. The first-order valence-electron chi connectivity index (χ1n) is 5.31. The van der Waals surface area contributed by atoms with Gasteiger partial charge in [-0.1, -0.05) is 0 Å². The molecule has 0 heterocycles. The Hall–Kier alpha value is -1.10. The number of carbonyl (C=O) groups is 2. The molecule has 94 valence electrons. The number of carbonyl (C=O) groups excluding carboxylic acids is 1. The summed E-state index contributed by atoms with van der Waals surface area (Å²) >= 11 is 0. The number of rotatable bonds is 5. The molecule has 16 heavy (non-hydrogen) atoms. The molecule has 5 nitrogen and oxygen atoms in total. The first-order valence-corrected chi connectivity index (χ1v) is 5.31.